The molecular weight excluding hydrogens is 314 g/mol. The molecule has 0 bridgehead atoms. The van der Waals surface area contributed by atoms with Crippen LogP contribution in [0.3, 0.4) is 0 Å². The van der Waals surface area contributed by atoms with Crippen LogP contribution in [0.2, 0.25) is 0 Å². The number of amides is 1. The summed E-state index contributed by atoms with van der Waals surface area (Å²) in [6.45, 7) is 0.319. The van der Waals surface area contributed by atoms with Crippen molar-refractivity contribution in [3.05, 3.63) is 90.0 Å². The van der Waals surface area contributed by atoms with E-state index in [0.29, 0.717) is 17.9 Å². The largest absolute Gasteiger partial charge is 0.496 e. The van der Waals surface area contributed by atoms with Crippen LogP contribution in [0.5, 0.6) is 11.5 Å². The Morgan fingerprint density at radius 3 is 2.28 bits per heavy atom. The van der Waals surface area contributed by atoms with E-state index in [1.165, 1.54) is 0 Å². The molecule has 0 radical (unpaired) electrons. The van der Waals surface area contributed by atoms with Crippen molar-refractivity contribution in [1.82, 2.24) is 0 Å². The average molecular weight is 333 g/mol. The second kappa shape index (κ2) is 8.02. The Labute approximate surface area is 147 Å². The first-order chi connectivity index (χ1) is 12.3. The van der Waals surface area contributed by atoms with Crippen molar-refractivity contribution < 1.29 is 14.3 Å². The average Bonchev–Trinajstić information content (AvgIpc) is 2.67. The molecule has 0 atom stereocenters. The van der Waals surface area contributed by atoms with E-state index in [4.69, 9.17) is 9.47 Å². The van der Waals surface area contributed by atoms with Gasteiger partial charge in [0.15, 0.2) is 0 Å². The fourth-order valence-electron chi connectivity index (χ4n) is 2.44. The van der Waals surface area contributed by atoms with Crippen molar-refractivity contribution >= 4 is 11.6 Å². The summed E-state index contributed by atoms with van der Waals surface area (Å²) in [4.78, 5) is 12.4. The quantitative estimate of drug-likeness (QED) is 0.721. The number of benzene rings is 3. The van der Waals surface area contributed by atoms with E-state index in [0.717, 1.165) is 17.0 Å². The summed E-state index contributed by atoms with van der Waals surface area (Å²) in [5, 5.41) is 2.88. The van der Waals surface area contributed by atoms with Gasteiger partial charge in [0, 0.05) is 16.8 Å². The van der Waals surface area contributed by atoms with Gasteiger partial charge >= 0.3 is 0 Å². The lowest BCUT2D eigenvalue weighted by Crippen LogP contribution is -2.12. The lowest BCUT2D eigenvalue weighted by Gasteiger charge is -2.12. The number of carbonyl (C=O) groups excluding carboxylic acids is 1. The summed E-state index contributed by atoms with van der Waals surface area (Å²) < 4.78 is 11.2. The Hall–Kier alpha value is -3.27. The van der Waals surface area contributed by atoms with Crippen molar-refractivity contribution in [2.45, 2.75) is 6.61 Å². The molecule has 0 aromatic heterocycles. The van der Waals surface area contributed by atoms with E-state index < -0.39 is 0 Å². The summed E-state index contributed by atoms with van der Waals surface area (Å²) in [6.07, 6.45) is 0. The Morgan fingerprint density at radius 2 is 1.60 bits per heavy atom. The summed E-state index contributed by atoms with van der Waals surface area (Å²) in [5.74, 6) is 1.28. The molecular formula is C21H19NO3. The number of methoxy groups -OCH3 is 1. The molecule has 0 aliphatic rings. The van der Waals surface area contributed by atoms with E-state index in [1.54, 1.807) is 25.3 Å². The zero-order valence-electron chi connectivity index (χ0n) is 13.9. The van der Waals surface area contributed by atoms with E-state index in [1.807, 2.05) is 60.7 Å². The summed E-state index contributed by atoms with van der Waals surface area (Å²) in [6, 6.07) is 24.2. The topological polar surface area (TPSA) is 47.6 Å². The number of para-hydroxylation sites is 2. The zero-order chi connectivity index (χ0) is 17.5. The number of ether oxygens (including phenoxy) is 2. The molecule has 0 saturated heterocycles. The molecule has 0 aliphatic carbocycles. The van der Waals surface area contributed by atoms with Gasteiger partial charge in [-0.3, -0.25) is 4.79 Å². The minimum absolute atomic E-state index is 0.171. The lowest BCUT2D eigenvalue weighted by molar-refractivity contribution is 0.102. The van der Waals surface area contributed by atoms with Crippen molar-refractivity contribution in [2.24, 2.45) is 0 Å². The number of anilines is 1. The third-order valence-corrected chi connectivity index (χ3v) is 3.71. The highest BCUT2D eigenvalue weighted by Crippen LogP contribution is 2.23. The van der Waals surface area contributed by atoms with Gasteiger partial charge in [-0.05, 0) is 42.5 Å². The van der Waals surface area contributed by atoms with Crippen LogP contribution in [0.15, 0.2) is 78.9 Å². The molecule has 3 aromatic rings. The first-order valence-corrected chi connectivity index (χ1v) is 7.97. The standard InChI is InChI=1S/C21H19NO3/c1-24-20-13-12-16(21(23)22-18-8-4-2-5-9-18)14-17(20)15-25-19-10-6-3-7-11-19/h2-14H,15H2,1H3,(H,22,23). The lowest BCUT2D eigenvalue weighted by atomic mass is 10.1. The van der Waals surface area contributed by atoms with Crippen molar-refractivity contribution in [1.29, 1.82) is 0 Å². The Morgan fingerprint density at radius 1 is 0.920 bits per heavy atom. The van der Waals surface area contributed by atoms with Gasteiger partial charge in [-0.2, -0.15) is 0 Å². The minimum Gasteiger partial charge on any atom is -0.496 e. The molecule has 0 heterocycles. The third kappa shape index (κ3) is 4.38. The van der Waals surface area contributed by atoms with Gasteiger partial charge in [0.1, 0.15) is 18.1 Å². The molecule has 0 aliphatic heterocycles. The SMILES string of the molecule is COc1ccc(C(=O)Nc2ccccc2)cc1COc1ccccc1. The molecule has 0 saturated carbocycles. The highest BCUT2D eigenvalue weighted by Gasteiger charge is 2.11. The number of rotatable bonds is 6. The molecule has 126 valence electrons. The molecule has 3 rings (SSSR count). The molecule has 4 heteroatoms. The maximum Gasteiger partial charge on any atom is 0.255 e. The Bertz CT molecular complexity index is 832. The molecule has 1 N–H and O–H groups in total. The summed E-state index contributed by atoms with van der Waals surface area (Å²) in [5.41, 5.74) is 2.12. The maximum atomic E-state index is 12.4. The van der Waals surface area contributed by atoms with Crippen molar-refractivity contribution in [3.8, 4) is 11.5 Å². The Balaban J connectivity index is 1.76. The molecule has 25 heavy (non-hydrogen) atoms. The van der Waals surface area contributed by atoms with Crippen molar-refractivity contribution in [3.63, 3.8) is 0 Å². The maximum absolute atomic E-state index is 12.4. The van der Waals surface area contributed by atoms with E-state index in [9.17, 15) is 4.79 Å². The van der Waals surface area contributed by atoms with Gasteiger partial charge in [0.05, 0.1) is 7.11 Å². The predicted molar refractivity (Wildman–Crippen MR) is 98.2 cm³/mol. The van der Waals surface area contributed by atoms with Crippen LogP contribution in [0, 0.1) is 0 Å². The van der Waals surface area contributed by atoms with Crippen LogP contribution in [0.1, 0.15) is 15.9 Å². The second-order valence-electron chi connectivity index (χ2n) is 5.45. The predicted octanol–water partition coefficient (Wildman–Crippen LogP) is 4.53. The molecule has 4 nitrogen and oxygen atoms in total. The number of hydrogen-bond acceptors (Lipinski definition) is 3. The molecule has 3 aromatic carbocycles. The normalized spacial score (nSPS) is 10.1. The van der Waals surface area contributed by atoms with Gasteiger partial charge < -0.3 is 14.8 Å². The van der Waals surface area contributed by atoms with Gasteiger partial charge in [0.2, 0.25) is 0 Å². The van der Waals surface area contributed by atoms with Gasteiger partial charge in [-0.1, -0.05) is 36.4 Å². The molecule has 0 unspecified atom stereocenters. The van der Waals surface area contributed by atoms with Crippen LogP contribution in [0.4, 0.5) is 5.69 Å². The smallest absolute Gasteiger partial charge is 0.255 e. The molecule has 1 amide bonds. The number of carbonyl (C=O) groups is 1. The Kier molecular flexibility index (Phi) is 5.32. The van der Waals surface area contributed by atoms with E-state index in [2.05, 4.69) is 5.32 Å². The highest BCUT2D eigenvalue weighted by molar-refractivity contribution is 6.04. The van der Waals surface area contributed by atoms with Crippen LogP contribution in [0.25, 0.3) is 0 Å². The first kappa shape index (κ1) is 16.6. The van der Waals surface area contributed by atoms with E-state index >= 15 is 0 Å². The second-order valence-corrected chi connectivity index (χ2v) is 5.45. The highest BCUT2D eigenvalue weighted by atomic mass is 16.5. The third-order valence-electron chi connectivity index (χ3n) is 3.71. The van der Waals surface area contributed by atoms with Gasteiger partial charge in [0.25, 0.3) is 5.91 Å². The number of hydrogen-bond donors (Lipinski definition) is 1. The van der Waals surface area contributed by atoms with E-state index in [-0.39, 0.29) is 5.91 Å². The monoisotopic (exact) mass is 333 g/mol. The van der Waals surface area contributed by atoms with Crippen LogP contribution in [-0.2, 0) is 6.61 Å². The first-order valence-electron chi connectivity index (χ1n) is 7.97. The fraction of sp³-hybridized carbons (Fsp3) is 0.0952. The van der Waals surface area contributed by atoms with Crippen LogP contribution >= 0.6 is 0 Å². The van der Waals surface area contributed by atoms with Gasteiger partial charge in [-0.25, -0.2) is 0 Å². The van der Waals surface area contributed by atoms with Gasteiger partial charge in [-0.15, -0.1) is 0 Å². The molecule has 0 spiro atoms. The summed E-state index contributed by atoms with van der Waals surface area (Å²) in [7, 11) is 1.60. The minimum atomic E-state index is -0.171. The van der Waals surface area contributed by atoms with Crippen LogP contribution < -0.4 is 14.8 Å². The summed E-state index contributed by atoms with van der Waals surface area (Å²) >= 11 is 0. The zero-order valence-corrected chi connectivity index (χ0v) is 13.9. The van der Waals surface area contributed by atoms with Crippen molar-refractivity contribution in [2.75, 3.05) is 12.4 Å². The number of nitrogens with one attached hydrogen (secondary N) is 1. The molecule has 0 fully saturated rings. The fourth-order valence-corrected chi connectivity index (χ4v) is 2.44. The van der Waals surface area contributed by atoms with Crippen LogP contribution in [-0.4, -0.2) is 13.0 Å².